The molecule has 2 aromatic rings. The molecule has 0 spiro atoms. The van der Waals surface area contributed by atoms with Crippen molar-refractivity contribution >= 4 is 11.6 Å². The van der Waals surface area contributed by atoms with E-state index in [0.717, 1.165) is 23.0 Å². The number of pyridine rings is 2. The Labute approximate surface area is 178 Å². The summed E-state index contributed by atoms with van der Waals surface area (Å²) in [5.41, 5.74) is 8.07. The number of morpholine rings is 1. The maximum atomic E-state index is 13.0. The van der Waals surface area contributed by atoms with Crippen LogP contribution in [0.3, 0.4) is 0 Å². The molecule has 10 heteroatoms. The third-order valence-corrected chi connectivity index (χ3v) is 5.59. The molecule has 0 bridgehead atoms. The number of ether oxygens (including phenoxy) is 1. The maximum Gasteiger partial charge on any atom is 0.433 e. The molecule has 4 heterocycles. The van der Waals surface area contributed by atoms with Crippen LogP contribution in [-0.4, -0.2) is 53.1 Å². The molecule has 1 amide bonds. The molecule has 2 aliphatic heterocycles. The molecule has 1 saturated heterocycles. The molecular weight excluding hydrogens is 411 g/mol. The predicted octanol–water partition coefficient (Wildman–Crippen LogP) is 2.38. The highest BCUT2D eigenvalue weighted by Crippen LogP contribution is 2.32. The lowest BCUT2D eigenvalue weighted by atomic mass is 9.99. The number of nitrogens with two attached hydrogens (primary N) is 1. The molecule has 7 nitrogen and oxygen atoms in total. The Kier molecular flexibility index (Phi) is 5.85. The third-order valence-electron chi connectivity index (χ3n) is 5.59. The van der Waals surface area contributed by atoms with Crippen molar-refractivity contribution in [3.63, 3.8) is 0 Å². The smallest absolute Gasteiger partial charge is 0.375 e. The second-order valence-corrected chi connectivity index (χ2v) is 7.95. The monoisotopic (exact) mass is 435 g/mol. The van der Waals surface area contributed by atoms with E-state index in [1.54, 1.807) is 12.1 Å². The van der Waals surface area contributed by atoms with E-state index in [-0.39, 0.29) is 11.8 Å². The summed E-state index contributed by atoms with van der Waals surface area (Å²) in [5, 5.41) is 0. The molecule has 1 unspecified atom stereocenters. The number of halogens is 3. The zero-order valence-corrected chi connectivity index (χ0v) is 17.2. The van der Waals surface area contributed by atoms with Gasteiger partial charge in [-0.1, -0.05) is 0 Å². The zero-order valence-electron chi connectivity index (χ0n) is 17.2. The summed E-state index contributed by atoms with van der Waals surface area (Å²) >= 11 is 0. The van der Waals surface area contributed by atoms with Crippen LogP contribution >= 0.6 is 0 Å². The first-order valence-electron chi connectivity index (χ1n) is 10.1. The average Bonchev–Trinajstić information content (AvgIpc) is 2.72. The van der Waals surface area contributed by atoms with Crippen molar-refractivity contribution < 1.29 is 22.7 Å². The van der Waals surface area contributed by atoms with Crippen LogP contribution < -0.4 is 10.6 Å². The van der Waals surface area contributed by atoms with Crippen LogP contribution in [0.2, 0.25) is 0 Å². The van der Waals surface area contributed by atoms with Gasteiger partial charge in [0.1, 0.15) is 11.4 Å². The standard InChI is InChI=1S/C21H24F3N5O2/c1-13-10-29(6-7-31-13)18-9-16(20(25)30)27-17-12-28(5-3-15(17)18)11-14-2-4-26-19(8-14)21(22,23)24/h2,4,8-9,13H,3,5-7,10-12H2,1H3,(H2,25,30). The fraction of sp³-hybridized carbons (Fsp3) is 0.476. The van der Waals surface area contributed by atoms with Crippen molar-refractivity contribution in [1.82, 2.24) is 14.9 Å². The SMILES string of the molecule is CC1CN(c2cc(C(N)=O)nc3c2CCN(Cc2ccnc(C(F)(F)F)c2)C3)CCO1. The Morgan fingerprint density at radius 3 is 2.84 bits per heavy atom. The van der Waals surface area contributed by atoms with Crippen molar-refractivity contribution in [3.8, 4) is 0 Å². The van der Waals surface area contributed by atoms with Crippen LogP contribution in [0.5, 0.6) is 0 Å². The van der Waals surface area contributed by atoms with E-state index in [4.69, 9.17) is 10.5 Å². The summed E-state index contributed by atoms with van der Waals surface area (Å²) in [6.07, 6.45) is -2.55. The predicted molar refractivity (Wildman–Crippen MR) is 107 cm³/mol. The lowest BCUT2D eigenvalue weighted by molar-refractivity contribution is -0.141. The van der Waals surface area contributed by atoms with Gasteiger partial charge in [0.15, 0.2) is 0 Å². The number of alkyl halides is 3. The molecule has 0 saturated carbocycles. The van der Waals surface area contributed by atoms with E-state index < -0.39 is 17.8 Å². The largest absolute Gasteiger partial charge is 0.433 e. The molecule has 2 N–H and O–H groups in total. The first kappa shape index (κ1) is 21.5. The highest BCUT2D eigenvalue weighted by atomic mass is 19.4. The molecule has 0 radical (unpaired) electrons. The number of fused-ring (bicyclic) bond motifs is 1. The van der Waals surface area contributed by atoms with Crippen LogP contribution in [0.25, 0.3) is 0 Å². The molecule has 4 rings (SSSR count). The van der Waals surface area contributed by atoms with Gasteiger partial charge in [-0.3, -0.25) is 14.7 Å². The Morgan fingerprint density at radius 2 is 2.13 bits per heavy atom. The first-order chi connectivity index (χ1) is 14.7. The summed E-state index contributed by atoms with van der Waals surface area (Å²) < 4.78 is 44.5. The van der Waals surface area contributed by atoms with Crippen molar-refractivity contribution in [3.05, 3.63) is 52.6 Å². The number of primary amides is 1. The third kappa shape index (κ3) is 4.80. The normalized spacial score (nSPS) is 19.9. The van der Waals surface area contributed by atoms with E-state index in [1.165, 1.54) is 6.20 Å². The number of carbonyl (C=O) groups is 1. The summed E-state index contributed by atoms with van der Waals surface area (Å²) in [6.45, 7) is 5.43. The average molecular weight is 435 g/mol. The van der Waals surface area contributed by atoms with Gasteiger partial charge >= 0.3 is 6.18 Å². The Hall–Kier alpha value is -2.72. The number of rotatable bonds is 4. The van der Waals surface area contributed by atoms with Crippen molar-refractivity contribution in [2.24, 2.45) is 5.73 Å². The van der Waals surface area contributed by atoms with E-state index in [2.05, 4.69) is 14.9 Å². The first-order valence-corrected chi connectivity index (χ1v) is 10.1. The van der Waals surface area contributed by atoms with E-state index in [1.807, 2.05) is 11.8 Å². The van der Waals surface area contributed by atoms with E-state index in [0.29, 0.717) is 51.3 Å². The molecule has 1 fully saturated rings. The van der Waals surface area contributed by atoms with Crippen LogP contribution in [0.15, 0.2) is 24.4 Å². The Morgan fingerprint density at radius 1 is 1.32 bits per heavy atom. The van der Waals surface area contributed by atoms with Crippen LogP contribution in [0.4, 0.5) is 18.9 Å². The molecule has 31 heavy (non-hydrogen) atoms. The van der Waals surface area contributed by atoms with E-state index in [9.17, 15) is 18.0 Å². The van der Waals surface area contributed by atoms with Crippen LogP contribution in [0.1, 0.15) is 39.9 Å². The molecule has 1 atom stereocenters. The molecule has 166 valence electrons. The fourth-order valence-corrected chi connectivity index (χ4v) is 4.14. The van der Waals surface area contributed by atoms with Gasteiger partial charge in [0.25, 0.3) is 5.91 Å². The molecular formula is C21H24F3N5O2. The van der Waals surface area contributed by atoms with Crippen LogP contribution in [-0.2, 0) is 30.4 Å². The minimum atomic E-state index is -4.48. The number of carbonyl (C=O) groups excluding carboxylic acids is 1. The lowest BCUT2D eigenvalue weighted by Gasteiger charge is -2.37. The highest BCUT2D eigenvalue weighted by Gasteiger charge is 2.33. The Bertz CT molecular complexity index is 982. The molecule has 0 aromatic carbocycles. The topological polar surface area (TPSA) is 84.6 Å². The van der Waals surface area contributed by atoms with Gasteiger partial charge < -0.3 is 15.4 Å². The molecule has 2 aromatic heterocycles. The summed E-state index contributed by atoms with van der Waals surface area (Å²) in [6, 6.07) is 4.40. The maximum absolute atomic E-state index is 13.0. The summed E-state index contributed by atoms with van der Waals surface area (Å²) in [5.74, 6) is -0.605. The van der Waals surface area contributed by atoms with Gasteiger partial charge in [-0.25, -0.2) is 4.98 Å². The van der Waals surface area contributed by atoms with E-state index >= 15 is 0 Å². The van der Waals surface area contributed by atoms with Crippen molar-refractivity contribution in [1.29, 1.82) is 0 Å². The van der Waals surface area contributed by atoms with Gasteiger partial charge in [0, 0.05) is 44.6 Å². The number of amides is 1. The van der Waals surface area contributed by atoms with Crippen LogP contribution in [0, 0.1) is 0 Å². The second kappa shape index (κ2) is 8.43. The fourth-order valence-electron chi connectivity index (χ4n) is 4.14. The number of aromatic nitrogens is 2. The van der Waals surface area contributed by atoms with Gasteiger partial charge in [-0.05, 0) is 42.7 Å². The number of hydrogen-bond acceptors (Lipinski definition) is 6. The molecule has 2 aliphatic rings. The minimum absolute atomic E-state index is 0.0733. The van der Waals surface area contributed by atoms with Gasteiger partial charge in [0.05, 0.1) is 18.4 Å². The van der Waals surface area contributed by atoms with Gasteiger partial charge in [-0.15, -0.1) is 0 Å². The highest BCUT2D eigenvalue weighted by molar-refractivity contribution is 5.92. The zero-order chi connectivity index (χ0) is 22.2. The Balaban J connectivity index is 1.59. The second-order valence-electron chi connectivity index (χ2n) is 7.95. The summed E-state index contributed by atoms with van der Waals surface area (Å²) in [4.78, 5) is 24.0. The summed E-state index contributed by atoms with van der Waals surface area (Å²) in [7, 11) is 0. The van der Waals surface area contributed by atoms with Gasteiger partial charge in [-0.2, -0.15) is 13.2 Å². The number of hydrogen-bond donors (Lipinski definition) is 1. The lowest BCUT2D eigenvalue weighted by Crippen LogP contribution is -2.42. The molecule has 0 aliphatic carbocycles. The number of nitrogens with zero attached hydrogens (tertiary/aromatic N) is 4. The van der Waals surface area contributed by atoms with Crippen molar-refractivity contribution in [2.45, 2.75) is 38.7 Å². The minimum Gasteiger partial charge on any atom is -0.375 e. The van der Waals surface area contributed by atoms with Gasteiger partial charge in [0.2, 0.25) is 0 Å². The van der Waals surface area contributed by atoms with Crippen molar-refractivity contribution in [2.75, 3.05) is 31.1 Å². The quantitative estimate of drug-likeness (QED) is 0.794. The number of anilines is 1.